The first-order chi connectivity index (χ1) is 14.3. The number of piperazine rings is 1. The molecule has 1 amide bonds. The Morgan fingerprint density at radius 3 is 2.67 bits per heavy atom. The van der Waals surface area contributed by atoms with Crippen molar-refractivity contribution in [2.45, 2.75) is 11.4 Å². The molecule has 8 nitrogen and oxygen atoms in total. The highest BCUT2D eigenvalue weighted by Gasteiger charge is 2.25. The predicted octanol–water partition coefficient (Wildman–Crippen LogP) is 2.81. The Kier molecular flexibility index (Phi) is 5.92. The molecule has 1 aliphatic rings. The second-order valence-corrected chi connectivity index (χ2v) is 10.3. The highest BCUT2D eigenvalue weighted by molar-refractivity contribution is 7.90. The average Bonchev–Trinajstić information content (AvgIpc) is 3.39. The minimum atomic E-state index is -3.51. The van der Waals surface area contributed by atoms with Crippen LogP contribution in [0.25, 0.3) is 10.7 Å². The largest absolute Gasteiger partial charge is 0.338 e. The molecule has 4 rings (SSSR count). The lowest BCUT2D eigenvalue weighted by molar-refractivity contribution is 0.0615. The minimum absolute atomic E-state index is 0.0356. The number of nitrogens with zero attached hydrogens (tertiary/aromatic N) is 4. The van der Waals surface area contributed by atoms with Gasteiger partial charge in [0, 0.05) is 38.0 Å². The van der Waals surface area contributed by atoms with Gasteiger partial charge in [0.25, 0.3) is 5.91 Å². The summed E-state index contributed by atoms with van der Waals surface area (Å²) in [5.74, 6) is 0.904. The van der Waals surface area contributed by atoms with Crippen molar-refractivity contribution in [2.75, 3.05) is 32.4 Å². The van der Waals surface area contributed by atoms with E-state index in [1.165, 1.54) is 12.1 Å². The van der Waals surface area contributed by atoms with Gasteiger partial charge >= 0.3 is 0 Å². The number of thiophene rings is 1. The molecule has 1 fully saturated rings. The number of hydrogen-bond acceptors (Lipinski definition) is 8. The van der Waals surface area contributed by atoms with Gasteiger partial charge in [-0.1, -0.05) is 22.8 Å². The van der Waals surface area contributed by atoms with Gasteiger partial charge in [-0.2, -0.15) is 4.98 Å². The van der Waals surface area contributed by atoms with Gasteiger partial charge in [0.1, 0.15) is 0 Å². The van der Waals surface area contributed by atoms with E-state index in [1.54, 1.807) is 22.3 Å². The Labute approximate surface area is 183 Å². The van der Waals surface area contributed by atoms with E-state index in [0.29, 0.717) is 50.0 Å². The van der Waals surface area contributed by atoms with Crippen LogP contribution in [-0.2, 0) is 16.4 Å². The van der Waals surface area contributed by atoms with Crippen LogP contribution in [0.3, 0.4) is 0 Å². The molecule has 0 atom stereocenters. The molecular formula is C19H19ClN4O4S2. The van der Waals surface area contributed by atoms with Crippen LogP contribution in [0.2, 0.25) is 5.02 Å². The number of carbonyl (C=O) groups is 1. The smallest absolute Gasteiger partial charge is 0.253 e. The molecule has 0 radical (unpaired) electrons. The third kappa shape index (κ3) is 4.56. The fourth-order valence-corrected chi connectivity index (χ4v) is 5.18. The first-order valence-electron chi connectivity index (χ1n) is 9.19. The monoisotopic (exact) mass is 466 g/mol. The zero-order valence-electron chi connectivity index (χ0n) is 16.1. The van der Waals surface area contributed by atoms with E-state index in [1.807, 2.05) is 17.5 Å². The maximum absolute atomic E-state index is 12.8. The van der Waals surface area contributed by atoms with Gasteiger partial charge in [0.05, 0.1) is 21.3 Å². The van der Waals surface area contributed by atoms with Gasteiger partial charge in [-0.3, -0.25) is 9.69 Å². The van der Waals surface area contributed by atoms with E-state index >= 15 is 0 Å². The van der Waals surface area contributed by atoms with Crippen molar-refractivity contribution >= 4 is 38.7 Å². The molecule has 3 heterocycles. The molecule has 0 spiro atoms. The second kappa shape index (κ2) is 8.46. The number of benzene rings is 1. The number of aromatic nitrogens is 2. The number of rotatable bonds is 5. The molecule has 0 saturated carbocycles. The normalized spacial score (nSPS) is 15.5. The summed E-state index contributed by atoms with van der Waals surface area (Å²) < 4.78 is 29.1. The molecule has 11 heteroatoms. The SMILES string of the molecule is CS(=O)(=O)c1cc(C(=O)N2CCN(Cc3nc(-c4cccs4)no3)CC2)ccc1Cl. The molecule has 1 aromatic carbocycles. The fourth-order valence-electron chi connectivity index (χ4n) is 3.23. The van der Waals surface area contributed by atoms with Gasteiger partial charge in [-0.05, 0) is 29.6 Å². The summed E-state index contributed by atoms with van der Waals surface area (Å²) in [6.07, 6.45) is 1.07. The number of sulfone groups is 1. The highest BCUT2D eigenvalue weighted by atomic mass is 35.5. The third-order valence-corrected chi connectivity index (χ3v) is 7.25. The zero-order chi connectivity index (χ0) is 21.3. The fraction of sp³-hybridized carbons (Fsp3) is 0.316. The molecule has 0 aliphatic carbocycles. The summed E-state index contributed by atoms with van der Waals surface area (Å²) in [5, 5.41) is 6.09. The number of carbonyl (C=O) groups excluding carboxylic acids is 1. The molecular weight excluding hydrogens is 448 g/mol. The van der Waals surface area contributed by atoms with Crippen LogP contribution in [-0.4, -0.2) is 66.7 Å². The van der Waals surface area contributed by atoms with Crippen molar-refractivity contribution in [3.05, 3.63) is 52.2 Å². The van der Waals surface area contributed by atoms with E-state index in [9.17, 15) is 13.2 Å². The molecule has 158 valence electrons. The summed E-state index contributed by atoms with van der Waals surface area (Å²) in [6, 6.07) is 8.22. The highest BCUT2D eigenvalue weighted by Crippen LogP contribution is 2.24. The molecule has 0 N–H and O–H groups in total. The van der Waals surface area contributed by atoms with Crippen molar-refractivity contribution in [3.8, 4) is 10.7 Å². The zero-order valence-corrected chi connectivity index (χ0v) is 18.5. The van der Waals surface area contributed by atoms with Crippen molar-refractivity contribution < 1.29 is 17.7 Å². The van der Waals surface area contributed by atoms with E-state index in [-0.39, 0.29) is 15.8 Å². The van der Waals surface area contributed by atoms with Crippen LogP contribution >= 0.6 is 22.9 Å². The molecule has 2 aromatic heterocycles. The van der Waals surface area contributed by atoms with Crippen molar-refractivity contribution in [1.29, 1.82) is 0 Å². The molecule has 30 heavy (non-hydrogen) atoms. The topological polar surface area (TPSA) is 96.6 Å². The van der Waals surface area contributed by atoms with Gasteiger partial charge < -0.3 is 9.42 Å². The van der Waals surface area contributed by atoms with Crippen LogP contribution in [0.5, 0.6) is 0 Å². The van der Waals surface area contributed by atoms with E-state index in [4.69, 9.17) is 16.1 Å². The molecule has 1 saturated heterocycles. The summed E-state index contributed by atoms with van der Waals surface area (Å²) >= 11 is 7.52. The molecule has 1 aliphatic heterocycles. The standard InChI is InChI=1S/C19H19ClN4O4S2/c1-30(26,27)16-11-13(4-5-14(16)20)19(25)24-8-6-23(7-9-24)12-17-21-18(22-28-17)15-3-2-10-29-15/h2-5,10-11H,6-9,12H2,1H3. The lowest BCUT2D eigenvalue weighted by Gasteiger charge is -2.34. The second-order valence-electron chi connectivity index (χ2n) is 6.97. The number of halogens is 1. The van der Waals surface area contributed by atoms with Crippen molar-refractivity contribution in [3.63, 3.8) is 0 Å². The van der Waals surface area contributed by atoms with E-state index < -0.39 is 9.84 Å². The quantitative estimate of drug-likeness (QED) is 0.570. The Hall–Kier alpha value is -2.27. The Balaban J connectivity index is 1.37. The first-order valence-corrected chi connectivity index (χ1v) is 12.3. The Bertz CT molecular complexity index is 1150. The lowest BCUT2D eigenvalue weighted by Crippen LogP contribution is -2.48. The maximum atomic E-state index is 12.8. The molecule has 0 unspecified atom stereocenters. The van der Waals surface area contributed by atoms with E-state index in [2.05, 4.69) is 15.0 Å². The van der Waals surface area contributed by atoms with Crippen molar-refractivity contribution in [2.24, 2.45) is 0 Å². The summed E-state index contributed by atoms with van der Waals surface area (Å²) in [6.45, 7) is 2.84. The Morgan fingerprint density at radius 2 is 2.00 bits per heavy atom. The first kappa shape index (κ1) is 21.0. The summed E-state index contributed by atoms with van der Waals surface area (Å²) in [4.78, 5) is 22.0. The van der Waals surface area contributed by atoms with Crippen LogP contribution in [0.15, 0.2) is 45.1 Å². The number of amides is 1. The molecule has 3 aromatic rings. The predicted molar refractivity (Wildman–Crippen MR) is 113 cm³/mol. The summed E-state index contributed by atoms with van der Waals surface area (Å²) in [7, 11) is -3.51. The van der Waals surface area contributed by atoms with Gasteiger partial charge in [-0.15, -0.1) is 11.3 Å². The third-order valence-electron chi connectivity index (χ3n) is 4.81. The van der Waals surface area contributed by atoms with Gasteiger partial charge in [-0.25, -0.2) is 8.42 Å². The van der Waals surface area contributed by atoms with Crippen LogP contribution in [0, 0.1) is 0 Å². The average molecular weight is 467 g/mol. The lowest BCUT2D eigenvalue weighted by atomic mass is 10.2. The minimum Gasteiger partial charge on any atom is -0.338 e. The molecule has 0 bridgehead atoms. The van der Waals surface area contributed by atoms with Crippen LogP contribution < -0.4 is 0 Å². The van der Waals surface area contributed by atoms with Crippen molar-refractivity contribution in [1.82, 2.24) is 19.9 Å². The Morgan fingerprint density at radius 1 is 1.23 bits per heavy atom. The summed E-state index contributed by atoms with van der Waals surface area (Å²) in [5.41, 5.74) is 0.311. The maximum Gasteiger partial charge on any atom is 0.253 e. The number of hydrogen-bond donors (Lipinski definition) is 0. The van der Waals surface area contributed by atoms with Gasteiger partial charge in [0.2, 0.25) is 11.7 Å². The van der Waals surface area contributed by atoms with Gasteiger partial charge in [0.15, 0.2) is 9.84 Å². The van der Waals surface area contributed by atoms with E-state index in [0.717, 1.165) is 11.1 Å². The van der Waals surface area contributed by atoms with Crippen LogP contribution in [0.4, 0.5) is 0 Å². The van der Waals surface area contributed by atoms with Crippen LogP contribution in [0.1, 0.15) is 16.2 Å².